The number of hydrogen-bond acceptors (Lipinski definition) is 6. The van der Waals surface area contributed by atoms with Crippen LogP contribution < -0.4 is 20.1 Å². The summed E-state index contributed by atoms with van der Waals surface area (Å²) in [6.45, 7) is 2.25. The van der Waals surface area contributed by atoms with Crippen molar-refractivity contribution in [2.24, 2.45) is 0 Å². The molecule has 2 N–H and O–H groups in total. The maximum Gasteiger partial charge on any atom is 0.351 e. The molecule has 0 fully saturated rings. The molecule has 0 unspecified atom stereocenters. The van der Waals surface area contributed by atoms with Gasteiger partial charge in [0.25, 0.3) is 0 Å². The fraction of sp³-hybridized carbons (Fsp3) is 0.200. The Hall–Kier alpha value is -3.26. The highest BCUT2D eigenvalue weighted by atomic mass is 32.1. The average Bonchev–Trinajstić information content (AvgIpc) is 3.06. The van der Waals surface area contributed by atoms with Gasteiger partial charge in [0, 0.05) is 21.5 Å². The fourth-order valence-electron chi connectivity index (χ4n) is 2.64. The normalized spacial score (nSPS) is 10.4. The molecule has 0 radical (unpaired) electrons. The highest BCUT2D eigenvalue weighted by Crippen LogP contribution is 2.39. The molecule has 0 aliphatic heterocycles. The molecule has 0 saturated heterocycles. The fourth-order valence-corrected chi connectivity index (χ4v) is 3.68. The van der Waals surface area contributed by atoms with E-state index in [9.17, 15) is 9.59 Å². The third kappa shape index (κ3) is 4.17. The van der Waals surface area contributed by atoms with Gasteiger partial charge in [-0.15, -0.1) is 11.3 Å². The summed E-state index contributed by atoms with van der Waals surface area (Å²) >= 11 is 1.29. The molecule has 1 heterocycles. The average molecular weight is 400 g/mol. The van der Waals surface area contributed by atoms with Crippen LogP contribution >= 0.6 is 11.3 Å². The lowest BCUT2D eigenvalue weighted by atomic mass is 10.2. The number of thiophene rings is 1. The topological polar surface area (TPSA) is 85.9 Å². The van der Waals surface area contributed by atoms with Crippen molar-refractivity contribution >= 4 is 44.8 Å². The Labute approximate surface area is 166 Å². The number of methoxy groups -OCH3 is 2. The zero-order chi connectivity index (χ0) is 20.1. The van der Waals surface area contributed by atoms with E-state index in [0.717, 1.165) is 10.1 Å². The Bertz CT molecular complexity index is 998. The van der Waals surface area contributed by atoms with Gasteiger partial charge in [-0.3, -0.25) is 0 Å². The maximum atomic E-state index is 12.3. The van der Waals surface area contributed by atoms with E-state index in [1.807, 2.05) is 13.0 Å². The summed E-state index contributed by atoms with van der Waals surface area (Å²) in [6, 6.07) is 12.0. The molecular formula is C20H20N2O5S. The molecule has 2 aromatic carbocycles. The van der Waals surface area contributed by atoms with Gasteiger partial charge in [-0.05, 0) is 49.4 Å². The van der Waals surface area contributed by atoms with Crippen LogP contribution in [-0.4, -0.2) is 32.8 Å². The van der Waals surface area contributed by atoms with E-state index in [4.69, 9.17) is 14.2 Å². The summed E-state index contributed by atoms with van der Waals surface area (Å²) in [5, 5.41) is 6.28. The van der Waals surface area contributed by atoms with Gasteiger partial charge in [-0.2, -0.15) is 0 Å². The second-order valence-electron chi connectivity index (χ2n) is 5.70. The van der Waals surface area contributed by atoms with Crippen LogP contribution in [0.25, 0.3) is 10.1 Å². The van der Waals surface area contributed by atoms with E-state index >= 15 is 0 Å². The second-order valence-corrected chi connectivity index (χ2v) is 6.76. The number of amides is 2. The van der Waals surface area contributed by atoms with Crippen LogP contribution in [0.3, 0.4) is 0 Å². The third-order valence-corrected chi connectivity index (χ3v) is 5.04. The number of nitrogens with one attached hydrogen (secondary N) is 2. The minimum absolute atomic E-state index is 0.383. The first-order valence-corrected chi connectivity index (χ1v) is 9.37. The molecule has 1 aromatic heterocycles. The van der Waals surface area contributed by atoms with Gasteiger partial charge in [0.05, 0.1) is 20.8 Å². The van der Waals surface area contributed by atoms with E-state index in [2.05, 4.69) is 10.6 Å². The smallest absolute Gasteiger partial charge is 0.351 e. The summed E-state index contributed by atoms with van der Waals surface area (Å²) in [6.07, 6.45) is 0. The molecular weight excluding hydrogens is 380 g/mol. The quantitative estimate of drug-likeness (QED) is 0.584. The molecule has 3 aromatic rings. The van der Waals surface area contributed by atoms with E-state index in [1.165, 1.54) is 18.4 Å². The Morgan fingerprint density at radius 3 is 2.32 bits per heavy atom. The van der Waals surface area contributed by atoms with Crippen molar-refractivity contribution < 1.29 is 23.8 Å². The molecule has 3 rings (SSSR count). The minimum atomic E-state index is -0.448. The number of benzene rings is 2. The van der Waals surface area contributed by atoms with Crippen LogP contribution in [0.5, 0.6) is 11.5 Å². The van der Waals surface area contributed by atoms with Crippen molar-refractivity contribution in [2.75, 3.05) is 31.5 Å². The Balaban J connectivity index is 1.81. The molecule has 0 saturated carbocycles. The first-order valence-electron chi connectivity index (χ1n) is 8.55. The summed E-state index contributed by atoms with van der Waals surface area (Å²) in [5.74, 6) is 0.726. The molecule has 28 heavy (non-hydrogen) atoms. The molecule has 8 heteroatoms. The van der Waals surface area contributed by atoms with Crippen molar-refractivity contribution in [3.63, 3.8) is 0 Å². The lowest BCUT2D eigenvalue weighted by molar-refractivity contribution is 0.0602. The molecule has 0 aliphatic carbocycles. The van der Waals surface area contributed by atoms with Crippen LogP contribution in [0.2, 0.25) is 0 Å². The molecule has 2 amide bonds. The lowest BCUT2D eigenvalue weighted by Crippen LogP contribution is -2.19. The Morgan fingerprint density at radius 1 is 1.00 bits per heavy atom. The number of carbonyl (C=O) groups excluding carboxylic acids is 2. The largest absolute Gasteiger partial charge is 0.497 e. The standard InChI is InChI=1S/C20H20N2O5S/c1-4-27-17-15-11-13(7-10-16(15)28-18(17)19(23)26-3)22-20(24)21-12-5-8-14(25-2)9-6-12/h5-11H,4H2,1-3H3,(H2,21,22,24). The monoisotopic (exact) mass is 400 g/mol. The molecule has 0 atom stereocenters. The number of fused-ring (bicyclic) bond motifs is 1. The number of ether oxygens (including phenoxy) is 3. The van der Waals surface area contributed by atoms with Crippen molar-refractivity contribution in [1.29, 1.82) is 0 Å². The minimum Gasteiger partial charge on any atom is -0.497 e. The number of carbonyl (C=O) groups is 2. The number of rotatable bonds is 6. The summed E-state index contributed by atoms with van der Waals surface area (Å²) < 4.78 is 16.5. The number of esters is 1. The zero-order valence-electron chi connectivity index (χ0n) is 15.7. The third-order valence-electron chi connectivity index (χ3n) is 3.91. The van der Waals surface area contributed by atoms with Crippen LogP contribution in [0, 0.1) is 0 Å². The van der Waals surface area contributed by atoms with E-state index in [1.54, 1.807) is 43.5 Å². The van der Waals surface area contributed by atoms with Gasteiger partial charge >= 0.3 is 12.0 Å². The predicted octanol–water partition coefficient (Wildman–Crippen LogP) is 4.74. The van der Waals surface area contributed by atoms with Gasteiger partial charge < -0.3 is 24.8 Å². The Kier molecular flexibility index (Phi) is 6.00. The number of hydrogen-bond donors (Lipinski definition) is 2. The van der Waals surface area contributed by atoms with Crippen molar-refractivity contribution in [3.8, 4) is 11.5 Å². The van der Waals surface area contributed by atoms with Crippen molar-refractivity contribution in [2.45, 2.75) is 6.92 Å². The molecule has 146 valence electrons. The van der Waals surface area contributed by atoms with Crippen molar-refractivity contribution in [1.82, 2.24) is 0 Å². The predicted molar refractivity (Wildman–Crippen MR) is 110 cm³/mol. The zero-order valence-corrected chi connectivity index (χ0v) is 16.5. The van der Waals surface area contributed by atoms with Crippen LogP contribution in [0.15, 0.2) is 42.5 Å². The van der Waals surface area contributed by atoms with Crippen molar-refractivity contribution in [3.05, 3.63) is 47.3 Å². The number of anilines is 2. The molecule has 7 nitrogen and oxygen atoms in total. The molecule has 0 bridgehead atoms. The second kappa shape index (κ2) is 8.62. The van der Waals surface area contributed by atoms with E-state index in [-0.39, 0.29) is 6.03 Å². The maximum absolute atomic E-state index is 12.3. The van der Waals surface area contributed by atoms with E-state index in [0.29, 0.717) is 34.4 Å². The highest BCUT2D eigenvalue weighted by molar-refractivity contribution is 7.21. The van der Waals surface area contributed by atoms with Crippen LogP contribution in [-0.2, 0) is 4.74 Å². The summed E-state index contributed by atoms with van der Waals surface area (Å²) in [7, 11) is 2.91. The van der Waals surface area contributed by atoms with Gasteiger partial charge in [-0.25, -0.2) is 9.59 Å². The van der Waals surface area contributed by atoms with Crippen LogP contribution in [0.4, 0.5) is 16.2 Å². The molecule has 0 spiro atoms. The van der Waals surface area contributed by atoms with Gasteiger partial charge in [-0.1, -0.05) is 0 Å². The first kappa shape index (κ1) is 19.5. The summed E-state index contributed by atoms with van der Waals surface area (Å²) in [5.41, 5.74) is 1.21. The number of urea groups is 1. The van der Waals surface area contributed by atoms with Crippen LogP contribution in [0.1, 0.15) is 16.6 Å². The van der Waals surface area contributed by atoms with E-state index < -0.39 is 5.97 Å². The Morgan fingerprint density at radius 2 is 1.68 bits per heavy atom. The van der Waals surface area contributed by atoms with Gasteiger partial charge in [0.1, 0.15) is 5.75 Å². The summed E-state index contributed by atoms with van der Waals surface area (Å²) in [4.78, 5) is 24.7. The lowest BCUT2D eigenvalue weighted by Gasteiger charge is -2.09. The SMILES string of the molecule is CCOc1c(C(=O)OC)sc2ccc(NC(=O)Nc3ccc(OC)cc3)cc12. The molecule has 0 aliphatic rings. The van der Waals surface area contributed by atoms with Gasteiger partial charge in [0.2, 0.25) is 0 Å². The highest BCUT2D eigenvalue weighted by Gasteiger charge is 2.20. The van der Waals surface area contributed by atoms with Gasteiger partial charge in [0.15, 0.2) is 10.6 Å². The first-order chi connectivity index (χ1) is 13.5.